The number of carbonyl (C=O) groups is 2. The minimum atomic E-state index is -0.995. The van der Waals surface area contributed by atoms with E-state index >= 15 is 0 Å². The second kappa shape index (κ2) is 5.47. The molecule has 0 bridgehead atoms. The van der Waals surface area contributed by atoms with Crippen LogP contribution in [0.3, 0.4) is 0 Å². The van der Waals surface area contributed by atoms with Crippen molar-refractivity contribution < 1.29 is 14.7 Å². The van der Waals surface area contributed by atoms with E-state index in [9.17, 15) is 9.59 Å². The molecule has 5 heteroatoms. The van der Waals surface area contributed by atoms with Crippen molar-refractivity contribution >= 4 is 12.0 Å². The van der Waals surface area contributed by atoms with Gasteiger partial charge in [-0.2, -0.15) is 0 Å². The maximum Gasteiger partial charge on any atom is 0.326 e. The van der Waals surface area contributed by atoms with Crippen LogP contribution in [0.5, 0.6) is 0 Å². The highest BCUT2D eigenvalue weighted by molar-refractivity contribution is 5.81. The summed E-state index contributed by atoms with van der Waals surface area (Å²) in [5.74, 6) is -0.995. The number of amides is 2. The summed E-state index contributed by atoms with van der Waals surface area (Å²) in [7, 11) is 3.16. The molecule has 1 N–H and O–H groups in total. The van der Waals surface area contributed by atoms with E-state index in [1.807, 2.05) is 6.92 Å². The van der Waals surface area contributed by atoms with Crippen molar-refractivity contribution in [2.45, 2.75) is 26.3 Å². The molecule has 0 spiro atoms. The molecule has 5 nitrogen and oxygen atoms in total. The Morgan fingerprint density at radius 1 is 1.36 bits per heavy atom. The summed E-state index contributed by atoms with van der Waals surface area (Å²) in [4.78, 5) is 24.9. The molecular weight excluding hydrogens is 184 g/mol. The van der Waals surface area contributed by atoms with Gasteiger partial charge in [0.15, 0.2) is 0 Å². The lowest BCUT2D eigenvalue weighted by atomic mass is 10.3. The van der Waals surface area contributed by atoms with E-state index in [0.29, 0.717) is 6.54 Å². The van der Waals surface area contributed by atoms with Crippen molar-refractivity contribution in [3.63, 3.8) is 0 Å². The fourth-order valence-corrected chi connectivity index (χ4v) is 1.03. The molecule has 0 aliphatic carbocycles. The summed E-state index contributed by atoms with van der Waals surface area (Å²) >= 11 is 0. The third kappa shape index (κ3) is 3.24. The predicted octanol–water partition coefficient (Wildman–Crippen LogP) is 0.853. The third-order valence-electron chi connectivity index (χ3n) is 2.13. The van der Waals surface area contributed by atoms with Crippen molar-refractivity contribution in [2.75, 3.05) is 20.6 Å². The van der Waals surface area contributed by atoms with Gasteiger partial charge in [-0.05, 0) is 13.3 Å². The zero-order valence-electron chi connectivity index (χ0n) is 9.15. The third-order valence-corrected chi connectivity index (χ3v) is 2.13. The molecule has 0 aromatic carbocycles. The molecule has 0 heterocycles. The summed E-state index contributed by atoms with van der Waals surface area (Å²) in [6.07, 6.45) is 0.859. The summed E-state index contributed by atoms with van der Waals surface area (Å²) in [5, 5.41) is 8.70. The molecule has 0 aromatic heterocycles. The van der Waals surface area contributed by atoms with Crippen LogP contribution in [0, 0.1) is 0 Å². The Morgan fingerprint density at radius 3 is 2.21 bits per heavy atom. The average Bonchev–Trinajstić information content (AvgIpc) is 2.14. The Bertz CT molecular complexity index is 218. The quantitative estimate of drug-likeness (QED) is 0.735. The number of carbonyl (C=O) groups excluding carboxylic acids is 1. The van der Waals surface area contributed by atoms with E-state index in [1.165, 1.54) is 23.8 Å². The Kier molecular flexibility index (Phi) is 4.97. The minimum absolute atomic E-state index is 0.262. The predicted molar refractivity (Wildman–Crippen MR) is 53.2 cm³/mol. The van der Waals surface area contributed by atoms with Gasteiger partial charge in [-0.3, -0.25) is 0 Å². The highest BCUT2D eigenvalue weighted by Crippen LogP contribution is 2.01. The summed E-state index contributed by atoms with van der Waals surface area (Å²) in [6, 6.07) is -1.05. The topological polar surface area (TPSA) is 60.9 Å². The van der Waals surface area contributed by atoms with Crippen LogP contribution in [0.1, 0.15) is 20.3 Å². The second-order valence-corrected chi connectivity index (χ2v) is 3.33. The Hall–Kier alpha value is -1.26. The van der Waals surface area contributed by atoms with Crippen molar-refractivity contribution in [3.8, 4) is 0 Å². The van der Waals surface area contributed by atoms with Crippen molar-refractivity contribution in [2.24, 2.45) is 0 Å². The Balaban J connectivity index is 4.30. The molecule has 0 aliphatic rings. The van der Waals surface area contributed by atoms with Gasteiger partial charge in [-0.25, -0.2) is 9.59 Å². The van der Waals surface area contributed by atoms with Crippen LogP contribution in [0.15, 0.2) is 0 Å². The molecule has 0 aromatic rings. The number of urea groups is 1. The fraction of sp³-hybridized carbons (Fsp3) is 0.778. The molecule has 0 aliphatic heterocycles. The molecule has 1 atom stereocenters. The van der Waals surface area contributed by atoms with Crippen molar-refractivity contribution in [1.29, 1.82) is 0 Å². The number of hydrogen-bond donors (Lipinski definition) is 1. The second-order valence-electron chi connectivity index (χ2n) is 3.33. The van der Waals surface area contributed by atoms with Gasteiger partial charge in [0, 0.05) is 20.6 Å². The van der Waals surface area contributed by atoms with Crippen LogP contribution < -0.4 is 0 Å². The maximum absolute atomic E-state index is 11.6. The van der Waals surface area contributed by atoms with E-state index in [-0.39, 0.29) is 6.03 Å². The number of carboxylic acid groups (broad SMARTS) is 1. The minimum Gasteiger partial charge on any atom is -0.480 e. The normalized spacial score (nSPS) is 12.0. The van der Waals surface area contributed by atoms with Gasteiger partial charge < -0.3 is 14.9 Å². The van der Waals surface area contributed by atoms with Gasteiger partial charge in [0.1, 0.15) is 6.04 Å². The number of nitrogens with zero attached hydrogens (tertiary/aromatic N) is 2. The van der Waals surface area contributed by atoms with Crippen molar-refractivity contribution in [3.05, 3.63) is 0 Å². The summed E-state index contributed by atoms with van der Waals surface area (Å²) < 4.78 is 0. The first-order chi connectivity index (χ1) is 6.41. The molecule has 0 radical (unpaired) electrons. The van der Waals surface area contributed by atoms with Gasteiger partial charge in [0.05, 0.1) is 0 Å². The van der Waals surface area contributed by atoms with Gasteiger partial charge in [0.2, 0.25) is 0 Å². The molecule has 0 rings (SSSR count). The monoisotopic (exact) mass is 202 g/mol. The van der Waals surface area contributed by atoms with Crippen molar-refractivity contribution in [1.82, 2.24) is 9.80 Å². The van der Waals surface area contributed by atoms with Crippen LogP contribution >= 0.6 is 0 Å². The van der Waals surface area contributed by atoms with Gasteiger partial charge in [0.25, 0.3) is 0 Å². The molecule has 0 saturated carbocycles. The standard InChI is InChI=1S/C9H18N2O3/c1-5-6-10(3)9(14)11(4)7(2)8(12)13/h7H,5-6H2,1-4H3,(H,12,13). The lowest BCUT2D eigenvalue weighted by Crippen LogP contribution is -2.46. The lowest BCUT2D eigenvalue weighted by Gasteiger charge is -2.27. The number of aliphatic carboxylic acids is 1. The van der Waals surface area contributed by atoms with E-state index in [2.05, 4.69) is 0 Å². The van der Waals surface area contributed by atoms with E-state index in [4.69, 9.17) is 5.11 Å². The van der Waals surface area contributed by atoms with Crippen LogP contribution in [0.2, 0.25) is 0 Å². The van der Waals surface area contributed by atoms with E-state index in [1.54, 1.807) is 7.05 Å². The summed E-state index contributed by atoms with van der Waals surface area (Å²) in [6.45, 7) is 4.08. The first-order valence-corrected chi connectivity index (χ1v) is 4.62. The highest BCUT2D eigenvalue weighted by Gasteiger charge is 2.23. The van der Waals surface area contributed by atoms with E-state index < -0.39 is 12.0 Å². The molecule has 1 unspecified atom stereocenters. The van der Waals surface area contributed by atoms with Crippen LogP contribution in [-0.4, -0.2) is 53.6 Å². The SMILES string of the molecule is CCCN(C)C(=O)N(C)C(C)C(=O)O. The number of rotatable bonds is 4. The first-order valence-electron chi connectivity index (χ1n) is 4.62. The van der Waals surface area contributed by atoms with Gasteiger partial charge in [-0.1, -0.05) is 6.92 Å². The zero-order chi connectivity index (χ0) is 11.3. The van der Waals surface area contributed by atoms with Gasteiger partial charge >= 0.3 is 12.0 Å². The molecule has 2 amide bonds. The fourth-order valence-electron chi connectivity index (χ4n) is 1.03. The molecule has 0 fully saturated rings. The summed E-state index contributed by atoms with van der Waals surface area (Å²) in [5.41, 5.74) is 0. The zero-order valence-corrected chi connectivity index (χ0v) is 9.15. The first kappa shape index (κ1) is 12.7. The molecular formula is C9H18N2O3. The molecule has 14 heavy (non-hydrogen) atoms. The van der Waals surface area contributed by atoms with E-state index in [0.717, 1.165) is 6.42 Å². The molecule has 0 saturated heterocycles. The Labute approximate surface area is 84.3 Å². The lowest BCUT2D eigenvalue weighted by molar-refractivity contribution is -0.141. The number of hydrogen-bond acceptors (Lipinski definition) is 2. The largest absolute Gasteiger partial charge is 0.480 e. The van der Waals surface area contributed by atoms with Crippen LogP contribution in [0.25, 0.3) is 0 Å². The number of likely N-dealkylation sites (N-methyl/N-ethyl adjacent to an activating group) is 1. The Morgan fingerprint density at radius 2 is 1.86 bits per heavy atom. The van der Waals surface area contributed by atoms with Crippen LogP contribution in [-0.2, 0) is 4.79 Å². The maximum atomic E-state index is 11.6. The number of carboxylic acids is 1. The highest BCUT2D eigenvalue weighted by atomic mass is 16.4. The smallest absolute Gasteiger partial charge is 0.326 e. The average molecular weight is 202 g/mol. The molecule has 82 valence electrons. The van der Waals surface area contributed by atoms with Crippen LogP contribution in [0.4, 0.5) is 4.79 Å². The van der Waals surface area contributed by atoms with Gasteiger partial charge in [-0.15, -0.1) is 0 Å².